The van der Waals surface area contributed by atoms with Crippen LogP contribution >= 0.6 is 15.9 Å². The van der Waals surface area contributed by atoms with Crippen LogP contribution < -0.4 is 9.47 Å². The van der Waals surface area contributed by atoms with E-state index < -0.39 is 0 Å². The van der Waals surface area contributed by atoms with Gasteiger partial charge in [-0.1, -0.05) is 57.0 Å². The molecule has 0 aliphatic rings. The molecular formula is C22H20BrNO3. The smallest absolute Gasteiger partial charge is 0.122 e. The molecule has 5 heteroatoms. The van der Waals surface area contributed by atoms with Crippen LogP contribution in [0.15, 0.2) is 82.4 Å². The monoisotopic (exact) mass is 425 g/mol. The number of ether oxygens (including phenoxy) is 2. The zero-order valence-electron chi connectivity index (χ0n) is 14.9. The molecule has 0 aliphatic heterocycles. The average Bonchev–Trinajstić information content (AvgIpc) is 2.68. The molecule has 0 radical (unpaired) electrons. The summed E-state index contributed by atoms with van der Waals surface area (Å²) >= 11 is 3.41. The molecule has 3 aromatic carbocycles. The van der Waals surface area contributed by atoms with Crippen molar-refractivity contribution in [3.8, 4) is 11.5 Å². The fraction of sp³-hybridized carbons (Fsp3) is 0.136. The summed E-state index contributed by atoms with van der Waals surface area (Å²) in [6, 6.07) is 23.0. The van der Waals surface area contributed by atoms with E-state index in [1.807, 2.05) is 79.7 Å². The molecule has 0 saturated carbocycles. The summed E-state index contributed by atoms with van der Waals surface area (Å²) in [4.78, 5) is 0. The molecule has 3 aromatic rings. The van der Waals surface area contributed by atoms with E-state index in [4.69, 9.17) is 9.47 Å². The number of nitrogens with zero attached hydrogens (tertiary/aromatic N) is 1. The predicted molar refractivity (Wildman–Crippen MR) is 110 cm³/mol. The van der Waals surface area contributed by atoms with Gasteiger partial charge in [0.25, 0.3) is 0 Å². The quantitative estimate of drug-likeness (QED) is 0.237. The molecule has 4 nitrogen and oxygen atoms in total. The van der Waals surface area contributed by atoms with Crippen LogP contribution in [0.2, 0.25) is 0 Å². The first-order valence-electron chi connectivity index (χ1n) is 8.56. The molecule has 3 rings (SSSR count). The topological polar surface area (TPSA) is 51.1 Å². The Morgan fingerprint density at radius 1 is 0.852 bits per heavy atom. The van der Waals surface area contributed by atoms with E-state index in [2.05, 4.69) is 21.1 Å². The first-order chi connectivity index (χ1) is 13.2. The standard InChI is InChI=1S/C22H20BrNO3/c1-16-5-7-17(8-6-16)22(24-25)18-9-11-20(12-10-18)26-13-14-27-21-4-2-3-19(23)15-21/h2-12,15,25H,13-14H2,1H3. The van der Waals surface area contributed by atoms with Crippen LogP contribution in [0.5, 0.6) is 11.5 Å². The molecule has 0 atom stereocenters. The third kappa shape index (κ3) is 5.34. The van der Waals surface area contributed by atoms with E-state index in [1.165, 1.54) is 0 Å². The third-order valence-electron chi connectivity index (χ3n) is 3.97. The number of rotatable bonds is 7. The Labute approximate surface area is 167 Å². The molecule has 0 heterocycles. The van der Waals surface area contributed by atoms with Crippen LogP contribution in [0.3, 0.4) is 0 Å². The molecule has 0 aliphatic carbocycles. The highest BCUT2D eigenvalue weighted by atomic mass is 79.9. The highest BCUT2D eigenvalue weighted by Gasteiger charge is 2.08. The van der Waals surface area contributed by atoms with Gasteiger partial charge in [0.1, 0.15) is 30.4 Å². The number of halogens is 1. The Bertz CT molecular complexity index is 906. The van der Waals surface area contributed by atoms with Crippen molar-refractivity contribution >= 4 is 21.6 Å². The molecule has 27 heavy (non-hydrogen) atoms. The maximum atomic E-state index is 9.41. The van der Waals surface area contributed by atoms with E-state index >= 15 is 0 Å². The predicted octanol–water partition coefficient (Wildman–Crippen LogP) is 5.44. The SMILES string of the molecule is Cc1ccc(C(=NO)c2ccc(OCCOc3cccc(Br)c3)cc2)cc1. The Kier molecular flexibility index (Phi) is 6.49. The van der Waals surface area contributed by atoms with E-state index in [0.717, 1.165) is 32.7 Å². The lowest BCUT2D eigenvalue weighted by atomic mass is 10.0. The van der Waals surface area contributed by atoms with Crippen LogP contribution in [0, 0.1) is 6.92 Å². The summed E-state index contributed by atoms with van der Waals surface area (Å²) in [7, 11) is 0. The summed E-state index contributed by atoms with van der Waals surface area (Å²) in [5.41, 5.74) is 3.36. The molecule has 0 amide bonds. The normalized spacial score (nSPS) is 11.3. The summed E-state index contributed by atoms with van der Waals surface area (Å²) in [6.45, 7) is 2.90. The lowest BCUT2D eigenvalue weighted by Crippen LogP contribution is -2.09. The van der Waals surface area contributed by atoms with Gasteiger partial charge >= 0.3 is 0 Å². The number of hydrogen-bond donors (Lipinski definition) is 1. The van der Waals surface area contributed by atoms with Gasteiger partial charge in [0, 0.05) is 15.6 Å². The zero-order chi connectivity index (χ0) is 19.1. The summed E-state index contributed by atoms with van der Waals surface area (Å²) in [5, 5.41) is 12.9. The van der Waals surface area contributed by atoms with Crippen molar-refractivity contribution in [2.75, 3.05) is 13.2 Å². The Hall–Kier alpha value is -2.79. The van der Waals surface area contributed by atoms with Gasteiger partial charge in [-0.05, 0) is 49.4 Å². The first kappa shape index (κ1) is 19.0. The summed E-state index contributed by atoms with van der Waals surface area (Å²) in [6.07, 6.45) is 0. The van der Waals surface area contributed by atoms with E-state index in [9.17, 15) is 5.21 Å². The molecule has 1 N–H and O–H groups in total. The average molecular weight is 426 g/mol. The number of oxime groups is 1. The van der Waals surface area contributed by atoms with Crippen LogP contribution in [0.1, 0.15) is 16.7 Å². The van der Waals surface area contributed by atoms with Gasteiger partial charge in [0.2, 0.25) is 0 Å². The fourth-order valence-corrected chi connectivity index (χ4v) is 2.96. The molecule has 0 unspecified atom stereocenters. The molecule has 0 spiro atoms. The van der Waals surface area contributed by atoms with Crippen molar-refractivity contribution in [1.82, 2.24) is 0 Å². The van der Waals surface area contributed by atoms with Crippen molar-refractivity contribution < 1.29 is 14.7 Å². The van der Waals surface area contributed by atoms with Gasteiger partial charge in [-0.3, -0.25) is 0 Å². The van der Waals surface area contributed by atoms with Crippen LogP contribution in [-0.4, -0.2) is 24.1 Å². The van der Waals surface area contributed by atoms with Crippen molar-refractivity contribution in [3.05, 3.63) is 94.0 Å². The molecular weight excluding hydrogens is 406 g/mol. The number of aryl methyl sites for hydroxylation is 1. The second-order valence-corrected chi connectivity index (χ2v) is 6.91. The van der Waals surface area contributed by atoms with Gasteiger partial charge in [-0.2, -0.15) is 0 Å². The van der Waals surface area contributed by atoms with E-state index in [1.54, 1.807) is 0 Å². The van der Waals surface area contributed by atoms with Gasteiger partial charge in [0.05, 0.1) is 0 Å². The second-order valence-electron chi connectivity index (χ2n) is 5.99. The molecule has 0 bridgehead atoms. The third-order valence-corrected chi connectivity index (χ3v) is 4.46. The minimum atomic E-state index is 0.435. The van der Waals surface area contributed by atoms with Gasteiger partial charge in [-0.15, -0.1) is 0 Å². The highest BCUT2D eigenvalue weighted by Crippen LogP contribution is 2.19. The first-order valence-corrected chi connectivity index (χ1v) is 9.36. The van der Waals surface area contributed by atoms with Crippen molar-refractivity contribution in [1.29, 1.82) is 0 Å². The Morgan fingerprint density at radius 3 is 2.04 bits per heavy atom. The van der Waals surface area contributed by atoms with Crippen molar-refractivity contribution in [2.45, 2.75) is 6.92 Å². The van der Waals surface area contributed by atoms with Crippen molar-refractivity contribution in [2.24, 2.45) is 5.16 Å². The molecule has 138 valence electrons. The van der Waals surface area contributed by atoms with Gasteiger partial charge < -0.3 is 14.7 Å². The minimum Gasteiger partial charge on any atom is -0.490 e. The molecule has 0 fully saturated rings. The summed E-state index contributed by atoms with van der Waals surface area (Å²) in [5.74, 6) is 1.53. The number of benzene rings is 3. The number of hydrogen-bond acceptors (Lipinski definition) is 4. The van der Waals surface area contributed by atoms with Crippen molar-refractivity contribution in [3.63, 3.8) is 0 Å². The lowest BCUT2D eigenvalue weighted by Gasteiger charge is -2.10. The largest absolute Gasteiger partial charge is 0.490 e. The minimum absolute atomic E-state index is 0.435. The van der Waals surface area contributed by atoms with Crippen LogP contribution in [0.25, 0.3) is 0 Å². The fourth-order valence-electron chi connectivity index (χ4n) is 2.58. The van der Waals surface area contributed by atoms with Gasteiger partial charge in [0.15, 0.2) is 0 Å². The maximum absolute atomic E-state index is 9.41. The highest BCUT2D eigenvalue weighted by molar-refractivity contribution is 9.10. The van der Waals surface area contributed by atoms with E-state index in [0.29, 0.717) is 18.9 Å². The van der Waals surface area contributed by atoms with E-state index in [-0.39, 0.29) is 0 Å². The Morgan fingerprint density at radius 2 is 1.44 bits per heavy atom. The second kappa shape index (κ2) is 9.24. The van der Waals surface area contributed by atoms with Gasteiger partial charge in [-0.25, -0.2) is 0 Å². The maximum Gasteiger partial charge on any atom is 0.122 e. The Balaban J connectivity index is 1.56. The van der Waals surface area contributed by atoms with Crippen LogP contribution in [-0.2, 0) is 0 Å². The summed E-state index contributed by atoms with van der Waals surface area (Å²) < 4.78 is 12.3. The lowest BCUT2D eigenvalue weighted by molar-refractivity contribution is 0.217. The molecule has 0 aromatic heterocycles. The van der Waals surface area contributed by atoms with Crippen LogP contribution in [0.4, 0.5) is 0 Å². The molecule has 0 saturated heterocycles. The zero-order valence-corrected chi connectivity index (χ0v) is 16.5.